The van der Waals surface area contributed by atoms with Crippen molar-refractivity contribution in [3.05, 3.63) is 58.3 Å². The van der Waals surface area contributed by atoms with E-state index >= 15 is 0 Å². The fourth-order valence-corrected chi connectivity index (χ4v) is 3.87. The molecule has 26 heavy (non-hydrogen) atoms. The van der Waals surface area contributed by atoms with Crippen LogP contribution < -0.4 is 5.43 Å². The topological polar surface area (TPSA) is 69.7 Å². The van der Waals surface area contributed by atoms with Crippen LogP contribution in [0, 0.1) is 0 Å². The Hall–Kier alpha value is -2.73. The average molecular weight is 370 g/mol. The molecule has 0 saturated heterocycles. The summed E-state index contributed by atoms with van der Waals surface area (Å²) >= 11 is 1.49. The van der Waals surface area contributed by atoms with Gasteiger partial charge >= 0.3 is 11.9 Å². The fraction of sp³-hybridized carbons (Fsp3) is 0.250. The summed E-state index contributed by atoms with van der Waals surface area (Å²) in [5.74, 6) is -2.56. The van der Waals surface area contributed by atoms with Crippen molar-refractivity contribution in [1.82, 2.24) is 0 Å². The van der Waals surface area contributed by atoms with Crippen molar-refractivity contribution in [2.45, 2.75) is 19.8 Å². The number of hydrogen-bond donors (Lipinski definition) is 0. The van der Waals surface area contributed by atoms with Gasteiger partial charge in [0.05, 0.1) is 13.2 Å². The van der Waals surface area contributed by atoms with E-state index in [1.807, 2.05) is 18.2 Å². The van der Waals surface area contributed by atoms with Crippen molar-refractivity contribution >= 4 is 43.4 Å². The van der Waals surface area contributed by atoms with Crippen molar-refractivity contribution in [3.63, 3.8) is 0 Å². The van der Waals surface area contributed by atoms with E-state index in [0.717, 1.165) is 9.40 Å². The Morgan fingerprint density at radius 1 is 0.923 bits per heavy atom. The summed E-state index contributed by atoms with van der Waals surface area (Å²) in [5, 5.41) is 1.09. The van der Waals surface area contributed by atoms with Crippen LogP contribution in [0.15, 0.2) is 47.3 Å². The predicted molar refractivity (Wildman–Crippen MR) is 102 cm³/mol. The molecule has 0 bridgehead atoms. The Morgan fingerprint density at radius 2 is 1.54 bits per heavy atom. The van der Waals surface area contributed by atoms with E-state index in [1.165, 1.54) is 11.3 Å². The van der Waals surface area contributed by atoms with E-state index < -0.39 is 17.9 Å². The molecule has 1 heterocycles. The number of esters is 2. The number of benzene rings is 2. The highest BCUT2D eigenvalue weighted by molar-refractivity contribution is 7.24. The standard InChI is InChI=1S/C20H18O5S/c1-3-24-19(22)17(20(23)25-4-2)12-9-10-16-14(11-12)18(21)13-7-5-6-8-15(13)26-16/h5-11,17H,3-4H2,1-2H3. The van der Waals surface area contributed by atoms with Crippen molar-refractivity contribution in [2.75, 3.05) is 13.2 Å². The van der Waals surface area contributed by atoms with Gasteiger partial charge in [0.15, 0.2) is 11.3 Å². The maximum absolute atomic E-state index is 12.8. The second kappa shape index (κ2) is 7.66. The zero-order chi connectivity index (χ0) is 18.7. The van der Waals surface area contributed by atoms with E-state index in [1.54, 1.807) is 38.1 Å². The van der Waals surface area contributed by atoms with Crippen LogP contribution >= 0.6 is 11.3 Å². The van der Waals surface area contributed by atoms with Gasteiger partial charge in [-0.1, -0.05) is 18.2 Å². The van der Waals surface area contributed by atoms with Crippen molar-refractivity contribution in [2.24, 2.45) is 0 Å². The number of rotatable bonds is 5. The van der Waals surface area contributed by atoms with Crippen LogP contribution in [-0.2, 0) is 19.1 Å². The van der Waals surface area contributed by atoms with E-state index in [4.69, 9.17) is 9.47 Å². The van der Waals surface area contributed by atoms with E-state index in [-0.39, 0.29) is 18.6 Å². The molecule has 134 valence electrons. The lowest BCUT2D eigenvalue weighted by Crippen LogP contribution is -2.26. The van der Waals surface area contributed by atoms with Gasteiger partial charge in [-0.05, 0) is 43.7 Å². The third-order valence-electron chi connectivity index (χ3n) is 3.98. The van der Waals surface area contributed by atoms with Crippen LogP contribution in [-0.4, -0.2) is 25.2 Å². The Bertz CT molecular complexity index is 1020. The van der Waals surface area contributed by atoms with Gasteiger partial charge in [0, 0.05) is 20.2 Å². The van der Waals surface area contributed by atoms with Gasteiger partial charge < -0.3 is 9.47 Å². The van der Waals surface area contributed by atoms with Gasteiger partial charge in [-0.25, -0.2) is 0 Å². The molecule has 1 aromatic heterocycles. The molecule has 0 radical (unpaired) electrons. The first-order valence-electron chi connectivity index (χ1n) is 8.35. The molecule has 0 N–H and O–H groups in total. The largest absolute Gasteiger partial charge is 0.465 e. The molecule has 0 aliphatic rings. The van der Waals surface area contributed by atoms with Crippen LogP contribution in [0.2, 0.25) is 0 Å². The molecule has 3 aromatic rings. The van der Waals surface area contributed by atoms with Crippen LogP contribution in [0.1, 0.15) is 25.3 Å². The fourth-order valence-electron chi connectivity index (χ4n) is 2.82. The Labute approximate surface area is 154 Å². The van der Waals surface area contributed by atoms with Crippen LogP contribution in [0.25, 0.3) is 20.2 Å². The quantitative estimate of drug-likeness (QED) is 0.390. The van der Waals surface area contributed by atoms with Gasteiger partial charge in [0.2, 0.25) is 0 Å². The zero-order valence-electron chi connectivity index (χ0n) is 14.5. The molecular weight excluding hydrogens is 352 g/mol. The van der Waals surface area contributed by atoms with E-state index in [2.05, 4.69) is 0 Å². The molecule has 5 nitrogen and oxygen atoms in total. The monoisotopic (exact) mass is 370 g/mol. The Morgan fingerprint density at radius 3 is 2.19 bits per heavy atom. The molecule has 0 aliphatic heterocycles. The summed E-state index contributed by atoms with van der Waals surface area (Å²) in [7, 11) is 0. The molecule has 0 spiro atoms. The number of carbonyl (C=O) groups is 2. The van der Waals surface area contributed by atoms with E-state index in [9.17, 15) is 14.4 Å². The molecule has 0 atom stereocenters. The van der Waals surface area contributed by atoms with Gasteiger partial charge in [-0.2, -0.15) is 0 Å². The van der Waals surface area contributed by atoms with Gasteiger partial charge in [0.1, 0.15) is 0 Å². The molecule has 0 unspecified atom stereocenters. The highest BCUT2D eigenvalue weighted by Gasteiger charge is 2.31. The van der Waals surface area contributed by atoms with Crippen molar-refractivity contribution < 1.29 is 19.1 Å². The molecule has 2 aromatic carbocycles. The Kier molecular flexibility index (Phi) is 5.32. The third kappa shape index (κ3) is 3.32. The molecular formula is C20H18O5S. The van der Waals surface area contributed by atoms with E-state index in [0.29, 0.717) is 16.3 Å². The lowest BCUT2D eigenvalue weighted by atomic mass is 9.97. The van der Waals surface area contributed by atoms with Crippen LogP contribution in [0.5, 0.6) is 0 Å². The Balaban J connectivity index is 2.17. The second-order valence-electron chi connectivity index (χ2n) is 5.62. The summed E-state index contributed by atoms with van der Waals surface area (Å²) in [6, 6.07) is 12.4. The minimum atomic E-state index is -1.20. The zero-order valence-corrected chi connectivity index (χ0v) is 15.3. The lowest BCUT2D eigenvalue weighted by Gasteiger charge is -2.15. The summed E-state index contributed by atoms with van der Waals surface area (Å²) in [6.45, 7) is 3.65. The van der Waals surface area contributed by atoms with Gasteiger partial charge in [-0.15, -0.1) is 11.3 Å². The summed E-state index contributed by atoms with van der Waals surface area (Å²) in [6.07, 6.45) is 0. The summed E-state index contributed by atoms with van der Waals surface area (Å²) in [5.41, 5.74) is 0.275. The maximum atomic E-state index is 12.8. The van der Waals surface area contributed by atoms with Crippen LogP contribution in [0.3, 0.4) is 0 Å². The van der Waals surface area contributed by atoms with Gasteiger partial charge in [-0.3, -0.25) is 14.4 Å². The van der Waals surface area contributed by atoms with Crippen molar-refractivity contribution in [3.8, 4) is 0 Å². The lowest BCUT2D eigenvalue weighted by molar-refractivity contribution is -0.156. The molecule has 0 amide bonds. The first-order chi connectivity index (χ1) is 12.6. The van der Waals surface area contributed by atoms with Crippen LogP contribution in [0.4, 0.5) is 0 Å². The summed E-state index contributed by atoms with van der Waals surface area (Å²) in [4.78, 5) is 37.4. The predicted octanol–water partition coefficient (Wildman–Crippen LogP) is 3.62. The number of ether oxygens (including phenoxy) is 2. The maximum Gasteiger partial charge on any atom is 0.324 e. The number of fused-ring (bicyclic) bond motifs is 2. The summed E-state index contributed by atoms with van der Waals surface area (Å²) < 4.78 is 11.7. The first-order valence-corrected chi connectivity index (χ1v) is 9.17. The minimum absolute atomic E-state index is 0.123. The molecule has 0 aliphatic carbocycles. The molecule has 6 heteroatoms. The number of hydrogen-bond acceptors (Lipinski definition) is 6. The normalized spacial score (nSPS) is 11.0. The molecule has 0 fully saturated rings. The molecule has 3 rings (SSSR count). The average Bonchev–Trinajstić information content (AvgIpc) is 2.63. The first kappa shape index (κ1) is 18.1. The highest BCUT2D eigenvalue weighted by Crippen LogP contribution is 2.28. The minimum Gasteiger partial charge on any atom is -0.465 e. The smallest absolute Gasteiger partial charge is 0.324 e. The van der Waals surface area contributed by atoms with Gasteiger partial charge in [0.25, 0.3) is 0 Å². The highest BCUT2D eigenvalue weighted by atomic mass is 32.1. The SMILES string of the molecule is CCOC(=O)C(C(=O)OCC)c1ccc2sc3ccccc3c(=O)c2c1. The second-order valence-corrected chi connectivity index (χ2v) is 6.70. The third-order valence-corrected chi connectivity index (χ3v) is 5.13. The molecule has 0 saturated carbocycles. The number of carbonyl (C=O) groups excluding carboxylic acids is 2. The van der Waals surface area contributed by atoms with Crippen molar-refractivity contribution in [1.29, 1.82) is 0 Å².